The molecule has 88 valence electrons. The van der Waals surface area contributed by atoms with Gasteiger partial charge < -0.3 is 15.4 Å². The molecule has 0 amide bonds. The van der Waals surface area contributed by atoms with Crippen molar-refractivity contribution in [2.75, 3.05) is 26.7 Å². The minimum Gasteiger partial charge on any atom is -0.393 e. The number of ether oxygens (including phenoxy) is 1. The van der Waals surface area contributed by atoms with E-state index in [9.17, 15) is 0 Å². The van der Waals surface area contributed by atoms with Gasteiger partial charge in [-0.3, -0.25) is 0 Å². The van der Waals surface area contributed by atoms with Crippen LogP contribution in [0.4, 0.5) is 0 Å². The normalized spacial score (nSPS) is 21.9. The van der Waals surface area contributed by atoms with E-state index in [0.29, 0.717) is 11.1 Å². The Morgan fingerprint density at radius 3 is 2.93 bits per heavy atom. The third-order valence-electron chi connectivity index (χ3n) is 2.75. The van der Waals surface area contributed by atoms with Crippen LogP contribution in [0.1, 0.15) is 32.1 Å². The van der Waals surface area contributed by atoms with E-state index >= 15 is 0 Å². The second-order valence-electron chi connectivity index (χ2n) is 4.32. The Labute approximate surface area is 98.0 Å². The first-order valence-corrected chi connectivity index (χ1v) is 6.18. The number of hydrogen-bond acceptors (Lipinski definition) is 3. The van der Waals surface area contributed by atoms with Crippen molar-refractivity contribution in [3.63, 3.8) is 0 Å². The largest absolute Gasteiger partial charge is 0.393 e. The molecular formula is C11H22N2OS. The van der Waals surface area contributed by atoms with E-state index in [-0.39, 0.29) is 0 Å². The van der Waals surface area contributed by atoms with Gasteiger partial charge in [-0.2, -0.15) is 0 Å². The van der Waals surface area contributed by atoms with Gasteiger partial charge in [0.2, 0.25) is 0 Å². The lowest BCUT2D eigenvalue weighted by Crippen LogP contribution is -2.34. The molecule has 1 heterocycles. The van der Waals surface area contributed by atoms with E-state index in [0.717, 1.165) is 32.5 Å². The van der Waals surface area contributed by atoms with Crippen molar-refractivity contribution in [2.24, 2.45) is 5.73 Å². The van der Waals surface area contributed by atoms with Crippen LogP contribution in [-0.4, -0.2) is 42.7 Å². The first-order chi connectivity index (χ1) is 7.18. The van der Waals surface area contributed by atoms with Gasteiger partial charge >= 0.3 is 0 Å². The Morgan fingerprint density at radius 1 is 1.53 bits per heavy atom. The van der Waals surface area contributed by atoms with E-state index in [1.54, 1.807) is 0 Å². The average molecular weight is 230 g/mol. The standard InChI is InChI=1S/C11H22N2OS/c1-13(7-4-6-11(12)15)9-10-5-2-3-8-14-10/h10H,2-9H2,1H3,(H2,12,15). The topological polar surface area (TPSA) is 38.5 Å². The van der Waals surface area contributed by atoms with E-state index in [1.807, 2.05) is 0 Å². The Bertz CT molecular complexity index is 193. The predicted molar refractivity (Wildman–Crippen MR) is 67.1 cm³/mol. The summed E-state index contributed by atoms with van der Waals surface area (Å²) in [5.41, 5.74) is 5.45. The van der Waals surface area contributed by atoms with Crippen molar-refractivity contribution in [2.45, 2.75) is 38.2 Å². The summed E-state index contributed by atoms with van der Waals surface area (Å²) in [5.74, 6) is 0. The average Bonchev–Trinajstić information content (AvgIpc) is 2.18. The highest BCUT2D eigenvalue weighted by atomic mass is 32.1. The summed E-state index contributed by atoms with van der Waals surface area (Å²) in [4.78, 5) is 2.94. The van der Waals surface area contributed by atoms with Crippen LogP contribution in [0.5, 0.6) is 0 Å². The molecule has 1 fully saturated rings. The molecule has 0 aromatic rings. The van der Waals surface area contributed by atoms with E-state index in [4.69, 9.17) is 22.7 Å². The number of likely N-dealkylation sites (N-methyl/N-ethyl adjacent to an activating group) is 1. The maximum absolute atomic E-state index is 5.68. The third-order valence-corrected chi connectivity index (χ3v) is 2.96. The molecule has 1 unspecified atom stereocenters. The lowest BCUT2D eigenvalue weighted by molar-refractivity contribution is -0.00146. The van der Waals surface area contributed by atoms with Gasteiger partial charge in [-0.05, 0) is 45.7 Å². The van der Waals surface area contributed by atoms with Gasteiger partial charge in [0.05, 0.1) is 11.1 Å². The summed E-state index contributed by atoms with van der Waals surface area (Å²) < 4.78 is 5.68. The van der Waals surface area contributed by atoms with Gasteiger partial charge in [0.25, 0.3) is 0 Å². The number of nitrogens with two attached hydrogens (primary N) is 1. The molecule has 1 aliphatic rings. The molecule has 1 aliphatic heterocycles. The second kappa shape index (κ2) is 7.14. The highest BCUT2D eigenvalue weighted by Crippen LogP contribution is 2.13. The molecule has 1 atom stereocenters. The Hall–Kier alpha value is -0.190. The molecule has 15 heavy (non-hydrogen) atoms. The minimum absolute atomic E-state index is 0.438. The molecular weight excluding hydrogens is 208 g/mol. The number of rotatable bonds is 6. The summed E-state index contributed by atoms with van der Waals surface area (Å²) in [5, 5.41) is 0. The summed E-state index contributed by atoms with van der Waals surface area (Å²) in [6.07, 6.45) is 6.09. The molecule has 0 bridgehead atoms. The molecule has 4 heteroatoms. The molecule has 0 aliphatic carbocycles. The van der Waals surface area contributed by atoms with Gasteiger partial charge in [0.15, 0.2) is 0 Å². The fraction of sp³-hybridized carbons (Fsp3) is 0.909. The van der Waals surface area contributed by atoms with Crippen LogP contribution < -0.4 is 5.73 Å². The van der Waals surface area contributed by atoms with Crippen LogP contribution in [-0.2, 0) is 4.74 Å². The van der Waals surface area contributed by atoms with Crippen molar-refractivity contribution in [1.82, 2.24) is 4.90 Å². The number of thiocarbonyl (C=S) groups is 1. The first kappa shape index (κ1) is 12.9. The number of hydrogen-bond donors (Lipinski definition) is 1. The fourth-order valence-corrected chi connectivity index (χ4v) is 2.06. The second-order valence-corrected chi connectivity index (χ2v) is 4.85. The summed E-state index contributed by atoms with van der Waals surface area (Å²) in [6, 6.07) is 0. The zero-order chi connectivity index (χ0) is 11.1. The maximum atomic E-state index is 5.68. The molecule has 0 aromatic heterocycles. The molecule has 0 spiro atoms. The summed E-state index contributed by atoms with van der Waals surface area (Å²) in [7, 11) is 2.14. The monoisotopic (exact) mass is 230 g/mol. The Kier molecular flexibility index (Phi) is 6.13. The number of nitrogens with zero attached hydrogens (tertiary/aromatic N) is 1. The zero-order valence-corrected chi connectivity index (χ0v) is 10.4. The van der Waals surface area contributed by atoms with Crippen LogP contribution in [0.25, 0.3) is 0 Å². The third kappa shape index (κ3) is 6.07. The van der Waals surface area contributed by atoms with Crippen molar-refractivity contribution in [3.05, 3.63) is 0 Å². The lowest BCUT2D eigenvalue weighted by atomic mass is 10.1. The van der Waals surface area contributed by atoms with Crippen molar-refractivity contribution < 1.29 is 4.74 Å². The van der Waals surface area contributed by atoms with Crippen LogP contribution >= 0.6 is 12.2 Å². The zero-order valence-electron chi connectivity index (χ0n) is 9.58. The Morgan fingerprint density at radius 2 is 2.33 bits per heavy atom. The molecule has 0 saturated carbocycles. The molecule has 0 aromatic carbocycles. The van der Waals surface area contributed by atoms with E-state index in [2.05, 4.69) is 11.9 Å². The van der Waals surface area contributed by atoms with Crippen molar-refractivity contribution in [1.29, 1.82) is 0 Å². The van der Waals surface area contributed by atoms with Crippen molar-refractivity contribution in [3.8, 4) is 0 Å². The molecule has 1 rings (SSSR count). The van der Waals surface area contributed by atoms with Crippen molar-refractivity contribution >= 4 is 17.2 Å². The van der Waals surface area contributed by atoms with Crippen LogP contribution in [0.15, 0.2) is 0 Å². The maximum Gasteiger partial charge on any atom is 0.0727 e. The molecule has 0 radical (unpaired) electrons. The molecule has 3 nitrogen and oxygen atoms in total. The van der Waals surface area contributed by atoms with Crippen LogP contribution in [0.2, 0.25) is 0 Å². The molecule has 2 N–H and O–H groups in total. The van der Waals surface area contributed by atoms with Gasteiger partial charge in [0, 0.05) is 13.2 Å². The predicted octanol–water partition coefficient (Wildman–Crippen LogP) is 1.55. The molecule has 1 saturated heterocycles. The van der Waals surface area contributed by atoms with Crippen LogP contribution in [0, 0.1) is 0 Å². The smallest absolute Gasteiger partial charge is 0.0727 e. The van der Waals surface area contributed by atoms with Gasteiger partial charge in [0.1, 0.15) is 0 Å². The minimum atomic E-state index is 0.438. The van der Waals surface area contributed by atoms with Gasteiger partial charge in [-0.15, -0.1) is 0 Å². The summed E-state index contributed by atoms with van der Waals surface area (Å²) >= 11 is 4.84. The van der Waals surface area contributed by atoms with Crippen LogP contribution in [0.3, 0.4) is 0 Å². The first-order valence-electron chi connectivity index (χ1n) is 5.77. The van der Waals surface area contributed by atoms with E-state index < -0.39 is 0 Å². The summed E-state index contributed by atoms with van der Waals surface area (Å²) in [6.45, 7) is 3.03. The Balaban J connectivity index is 2.06. The fourth-order valence-electron chi connectivity index (χ4n) is 1.91. The highest BCUT2D eigenvalue weighted by molar-refractivity contribution is 7.80. The lowest BCUT2D eigenvalue weighted by Gasteiger charge is -2.27. The van der Waals surface area contributed by atoms with Gasteiger partial charge in [-0.25, -0.2) is 0 Å². The highest BCUT2D eigenvalue weighted by Gasteiger charge is 2.15. The van der Waals surface area contributed by atoms with E-state index in [1.165, 1.54) is 19.3 Å². The quantitative estimate of drug-likeness (QED) is 0.703. The SMILES string of the molecule is CN(CCCC(N)=S)CC1CCCCO1. The van der Waals surface area contributed by atoms with Gasteiger partial charge in [-0.1, -0.05) is 12.2 Å².